The minimum atomic E-state index is -1.50. The monoisotopic (exact) mass is 355 g/mol. The summed E-state index contributed by atoms with van der Waals surface area (Å²) in [6, 6.07) is 3.18. The number of halogens is 2. The number of nitrogens with one attached hydrogen (secondary N) is 2. The van der Waals surface area contributed by atoms with Crippen molar-refractivity contribution in [3.8, 4) is 0 Å². The molecule has 0 fully saturated rings. The molecule has 8 nitrogen and oxygen atoms in total. The number of aromatic amines is 1. The number of carboxylic acid groups (broad SMARTS) is 1. The number of carbonyl (C=O) groups is 2. The van der Waals surface area contributed by atoms with Crippen LogP contribution in [0.15, 0.2) is 40.1 Å². The lowest BCUT2D eigenvalue weighted by Gasteiger charge is -2.16. The van der Waals surface area contributed by atoms with Crippen molar-refractivity contribution in [2.75, 3.05) is 0 Å². The van der Waals surface area contributed by atoms with Gasteiger partial charge in [-0.05, 0) is 18.2 Å². The maximum Gasteiger partial charge on any atom is 0.328 e. The topological polar surface area (TPSA) is 121 Å². The molecular formula is C14H11ClFN3O5. The second kappa shape index (κ2) is 7.09. The van der Waals surface area contributed by atoms with Gasteiger partial charge in [-0.1, -0.05) is 17.7 Å². The fraction of sp³-hybridized carbons (Fsp3) is 0.143. The van der Waals surface area contributed by atoms with Gasteiger partial charge >= 0.3 is 11.7 Å². The third kappa shape index (κ3) is 4.07. The summed E-state index contributed by atoms with van der Waals surface area (Å²) in [5, 5.41) is 11.1. The second-order valence-corrected chi connectivity index (χ2v) is 5.17. The lowest BCUT2D eigenvalue weighted by Crippen LogP contribution is -2.46. The van der Waals surface area contributed by atoms with Crippen molar-refractivity contribution < 1.29 is 19.1 Å². The van der Waals surface area contributed by atoms with Crippen LogP contribution >= 0.6 is 11.6 Å². The molecule has 0 saturated carbocycles. The van der Waals surface area contributed by atoms with E-state index in [2.05, 4.69) is 5.32 Å². The van der Waals surface area contributed by atoms with Gasteiger partial charge in [0.25, 0.3) is 11.5 Å². The first kappa shape index (κ1) is 17.4. The van der Waals surface area contributed by atoms with E-state index in [0.717, 1.165) is 22.9 Å². The highest BCUT2D eigenvalue weighted by Crippen LogP contribution is 2.04. The summed E-state index contributed by atoms with van der Waals surface area (Å²) >= 11 is 5.59. The summed E-state index contributed by atoms with van der Waals surface area (Å²) in [7, 11) is 0. The molecule has 1 aromatic carbocycles. The highest BCUT2D eigenvalue weighted by Gasteiger charge is 2.22. The smallest absolute Gasteiger partial charge is 0.328 e. The van der Waals surface area contributed by atoms with Gasteiger partial charge < -0.3 is 10.4 Å². The van der Waals surface area contributed by atoms with Gasteiger partial charge in [0.2, 0.25) is 0 Å². The van der Waals surface area contributed by atoms with Crippen LogP contribution in [0.5, 0.6) is 0 Å². The molecule has 2 aromatic rings. The molecule has 0 radical (unpaired) electrons. The maximum absolute atomic E-state index is 13.1. The van der Waals surface area contributed by atoms with Crippen molar-refractivity contribution in [2.24, 2.45) is 0 Å². The summed E-state index contributed by atoms with van der Waals surface area (Å²) in [5.74, 6) is -2.90. The molecule has 2 rings (SSSR count). The van der Waals surface area contributed by atoms with E-state index in [1.54, 1.807) is 0 Å². The Labute approximate surface area is 138 Å². The predicted octanol–water partition coefficient (Wildman–Crippen LogP) is 0.212. The van der Waals surface area contributed by atoms with Crippen LogP contribution in [0.2, 0.25) is 5.02 Å². The Morgan fingerprint density at radius 2 is 2.08 bits per heavy atom. The van der Waals surface area contributed by atoms with Crippen LogP contribution in [0.25, 0.3) is 0 Å². The standard InChI is InChI=1S/C14H11ClFN3O5/c15-9-5-19(14(24)18-12(9)21)6-10(13(22)23)17-11(20)7-2-1-3-8(16)4-7/h1-5,10H,6H2,(H,17,20)(H,22,23)(H,18,21,24)/t10-/m0/s1. The quantitative estimate of drug-likeness (QED) is 0.708. The zero-order valence-corrected chi connectivity index (χ0v) is 12.7. The third-order valence-electron chi connectivity index (χ3n) is 3.04. The molecule has 10 heteroatoms. The molecular weight excluding hydrogens is 345 g/mol. The molecule has 1 heterocycles. The number of benzene rings is 1. The highest BCUT2D eigenvalue weighted by atomic mass is 35.5. The zero-order valence-electron chi connectivity index (χ0n) is 12.0. The Balaban J connectivity index is 2.23. The average molecular weight is 356 g/mol. The number of amides is 1. The normalized spacial score (nSPS) is 11.8. The Morgan fingerprint density at radius 3 is 2.71 bits per heavy atom. The average Bonchev–Trinajstić information content (AvgIpc) is 2.51. The van der Waals surface area contributed by atoms with Crippen LogP contribution in [0.4, 0.5) is 4.39 Å². The van der Waals surface area contributed by atoms with E-state index in [0.29, 0.717) is 0 Å². The molecule has 3 N–H and O–H groups in total. The molecule has 0 bridgehead atoms. The van der Waals surface area contributed by atoms with E-state index in [1.165, 1.54) is 12.1 Å². The molecule has 1 atom stereocenters. The van der Waals surface area contributed by atoms with Crippen molar-refractivity contribution >= 4 is 23.5 Å². The van der Waals surface area contributed by atoms with E-state index < -0.39 is 41.5 Å². The number of carbonyl (C=O) groups excluding carboxylic acids is 1. The summed E-state index contributed by atoms with van der Waals surface area (Å²) < 4.78 is 14.0. The third-order valence-corrected chi connectivity index (χ3v) is 3.31. The lowest BCUT2D eigenvalue weighted by atomic mass is 10.2. The van der Waals surface area contributed by atoms with Crippen LogP contribution < -0.4 is 16.6 Å². The predicted molar refractivity (Wildman–Crippen MR) is 81.6 cm³/mol. The minimum absolute atomic E-state index is 0.0758. The van der Waals surface area contributed by atoms with Gasteiger partial charge in [-0.3, -0.25) is 19.1 Å². The number of hydrogen-bond donors (Lipinski definition) is 3. The minimum Gasteiger partial charge on any atom is -0.480 e. The number of rotatable bonds is 5. The first-order chi connectivity index (χ1) is 11.3. The second-order valence-electron chi connectivity index (χ2n) is 4.76. The van der Waals surface area contributed by atoms with Gasteiger partial charge in [0.05, 0.1) is 6.54 Å². The van der Waals surface area contributed by atoms with Crippen molar-refractivity contribution in [1.82, 2.24) is 14.9 Å². The van der Waals surface area contributed by atoms with Gasteiger partial charge in [-0.2, -0.15) is 0 Å². The van der Waals surface area contributed by atoms with Gasteiger partial charge in [-0.15, -0.1) is 0 Å². The van der Waals surface area contributed by atoms with Gasteiger partial charge in [0.1, 0.15) is 16.9 Å². The summed E-state index contributed by atoms with van der Waals surface area (Å²) in [6.07, 6.45) is 0.965. The lowest BCUT2D eigenvalue weighted by molar-refractivity contribution is -0.139. The molecule has 0 aliphatic heterocycles. The van der Waals surface area contributed by atoms with Crippen LogP contribution in [0.3, 0.4) is 0 Å². The fourth-order valence-electron chi connectivity index (χ4n) is 1.87. The number of H-pyrrole nitrogens is 1. The van der Waals surface area contributed by atoms with Gasteiger partial charge in [-0.25, -0.2) is 14.0 Å². The summed E-state index contributed by atoms with van der Waals surface area (Å²) in [6.45, 7) is -0.480. The van der Waals surface area contributed by atoms with E-state index in [1.807, 2.05) is 4.98 Å². The Kier molecular flexibility index (Phi) is 5.14. The molecule has 0 unspecified atom stereocenters. The summed E-state index contributed by atoms with van der Waals surface area (Å²) in [4.78, 5) is 48.0. The summed E-state index contributed by atoms with van der Waals surface area (Å²) in [5.41, 5.74) is -1.77. The van der Waals surface area contributed by atoms with Gasteiger partial charge in [0.15, 0.2) is 0 Å². The van der Waals surface area contributed by atoms with Gasteiger partial charge in [0, 0.05) is 11.8 Å². The SMILES string of the molecule is O=C(N[C@@H](Cn1cc(Cl)c(=O)[nH]c1=O)C(=O)O)c1cccc(F)c1. The molecule has 0 saturated heterocycles. The Hall–Kier alpha value is -2.94. The zero-order chi connectivity index (χ0) is 17.9. The van der Waals surface area contributed by atoms with E-state index >= 15 is 0 Å². The van der Waals surface area contributed by atoms with Crippen LogP contribution in [-0.2, 0) is 11.3 Å². The van der Waals surface area contributed by atoms with Crippen molar-refractivity contribution in [2.45, 2.75) is 12.6 Å². The van der Waals surface area contributed by atoms with E-state index in [4.69, 9.17) is 11.6 Å². The van der Waals surface area contributed by atoms with Crippen LogP contribution in [0.1, 0.15) is 10.4 Å². The Morgan fingerprint density at radius 1 is 1.38 bits per heavy atom. The first-order valence-corrected chi connectivity index (χ1v) is 6.94. The Bertz CT molecular complexity index is 908. The number of carboxylic acids is 1. The van der Waals surface area contributed by atoms with E-state index in [9.17, 15) is 28.7 Å². The van der Waals surface area contributed by atoms with Crippen LogP contribution in [0, 0.1) is 5.82 Å². The maximum atomic E-state index is 13.1. The first-order valence-electron chi connectivity index (χ1n) is 6.56. The molecule has 1 amide bonds. The van der Waals surface area contributed by atoms with Crippen molar-refractivity contribution in [3.05, 3.63) is 67.7 Å². The molecule has 126 valence electrons. The number of aromatic nitrogens is 2. The number of hydrogen-bond acceptors (Lipinski definition) is 4. The van der Waals surface area contributed by atoms with Crippen molar-refractivity contribution in [3.63, 3.8) is 0 Å². The largest absolute Gasteiger partial charge is 0.480 e. The fourth-order valence-corrected chi connectivity index (χ4v) is 2.04. The molecule has 0 spiro atoms. The van der Waals surface area contributed by atoms with Crippen molar-refractivity contribution in [1.29, 1.82) is 0 Å². The molecule has 24 heavy (non-hydrogen) atoms. The number of nitrogens with zero attached hydrogens (tertiary/aromatic N) is 1. The van der Waals surface area contributed by atoms with E-state index in [-0.39, 0.29) is 10.6 Å². The molecule has 1 aromatic heterocycles. The van der Waals surface area contributed by atoms with Crippen LogP contribution in [-0.4, -0.2) is 32.6 Å². The molecule has 0 aliphatic carbocycles. The highest BCUT2D eigenvalue weighted by molar-refractivity contribution is 6.30. The number of aliphatic carboxylic acids is 1. The molecule has 0 aliphatic rings.